The van der Waals surface area contributed by atoms with Crippen LogP contribution in [-0.4, -0.2) is 24.2 Å². The summed E-state index contributed by atoms with van der Waals surface area (Å²) in [5.41, 5.74) is 0.663. The molecule has 0 aliphatic carbocycles. The average molecular weight is 378 g/mol. The Balaban J connectivity index is 1.99. The number of rotatable bonds is 4. The van der Waals surface area contributed by atoms with Crippen molar-refractivity contribution in [3.8, 4) is 5.75 Å². The van der Waals surface area contributed by atoms with E-state index in [4.69, 9.17) is 4.42 Å². The van der Waals surface area contributed by atoms with E-state index < -0.39 is 6.36 Å². The number of nitrogens with zero attached hydrogens (tertiary/aromatic N) is 1. The minimum absolute atomic E-state index is 0.173. The molecule has 0 aliphatic heterocycles. The fourth-order valence-electron chi connectivity index (χ4n) is 1.76. The number of hydrogen-bond donors (Lipinski definition) is 0. The van der Waals surface area contributed by atoms with Crippen LogP contribution < -0.4 is 4.74 Å². The van der Waals surface area contributed by atoms with E-state index in [0.29, 0.717) is 10.2 Å². The number of ether oxygens (including phenoxy) is 1. The Hall–Kier alpha value is -1.96. The summed E-state index contributed by atoms with van der Waals surface area (Å²) in [6.45, 7) is 0.226. The predicted molar refractivity (Wildman–Crippen MR) is 75.3 cm³/mol. The minimum Gasteiger partial charge on any atom is -0.444 e. The van der Waals surface area contributed by atoms with Crippen LogP contribution in [0.4, 0.5) is 13.2 Å². The number of hydrogen-bond acceptors (Lipinski definition) is 3. The highest BCUT2D eigenvalue weighted by Gasteiger charge is 2.31. The van der Waals surface area contributed by atoms with E-state index in [1.54, 1.807) is 13.1 Å². The zero-order chi connectivity index (χ0) is 16.3. The molecule has 118 valence electrons. The fraction of sp³-hybridized carbons (Fsp3) is 0.214. The van der Waals surface area contributed by atoms with Gasteiger partial charge in [0.2, 0.25) is 0 Å². The van der Waals surface area contributed by atoms with Crippen LogP contribution in [0.5, 0.6) is 5.75 Å². The van der Waals surface area contributed by atoms with E-state index in [-0.39, 0.29) is 24.0 Å². The Morgan fingerprint density at radius 1 is 1.23 bits per heavy atom. The molecule has 22 heavy (non-hydrogen) atoms. The normalized spacial score (nSPS) is 11.3. The van der Waals surface area contributed by atoms with Gasteiger partial charge in [0.05, 0.1) is 0 Å². The predicted octanol–water partition coefficient (Wildman–Crippen LogP) is 4.21. The minimum atomic E-state index is -4.72. The van der Waals surface area contributed by atoms with Crippen molar-refractivity contribution in [3.05, 3.63) is 52.4 Å². The first-order chi connectivity index (χ1) is 10.2. The molecule has 0 aliphatic rings. The maximum absolute atomic E-state index is 12.1. The van der Waals surface area contributed by atoms with Crippen molar-refractivity contribution < 1.29 is 27.1 Å². The third kappa shape index (κ3) is 4.52. The molecule has 0 spiro atoms. The van der Waals surface area contributed by atoms with E-state index >= 15 is 0 Å². The van der Waals surface area contributed by atoms with Crippen molar-refractivity contribution in [1.82, 2.24) is 4.90 Å². The first-order valence-corrected chi connectivity index (χ1v) is 6.89. The summed E-state index contributed by atoms with van der Waals surface area (Å²) in [7, 11) is 1.57. The Labute approximate surface area is 132 Å². The van der Waals surface area contributed by atoms with Crippen molar-refractivity contribution >= 4 is 21.8 Å². The number of benzene rings is 1. The van der Waals surface area contributed by atoms with Crippen LogP contribution in [-0.2, 0) is 6.54 Å². The van der Waals surface area contributed by atoms with Crippen LogP contribution in [0.25, 0.3) is 0 Å². The topological polar surface area (TPSA) is 42.7 Å². The first-order valence-electron chi connectivity index (χ1n) is 6.10. The van der Waals surface area contributed by atoms with E-state index in [9.17, 15) is 18.0 Å². The molecule has 1 aromatic heterocycles. The van der Waals surface area contributed by atoms with E-state index in [1.165, 1.54) is 35.2 Å². The molecule has 2 rings (SSSR count). The summed E-state index contributed by atoms with van der Waals surface area (Å²) in [4.78, 5) is 13.4. The average Bonchev–Trinajstić information content (AvgIpc) is 2.85. The van der Waals surface area contributed by atoms with Gasteiger partial charge < -0.3 is 14.1 Å². The molecule has 0 fully saturated rings. The van der Waals surface area contributed by atoms with Gasteiger partial charge in [-0.15, -0.1) is 13.2 Å². The van der Waals surface area contributed by atoms with Gasteiger partial charge in [-0.2, -0.15) is 0 Å². The van der Waals surface area contributed by atoms with Gasteiger partial charge in [-0.1, -0.05) is 12.1 Å². The summed E-state index contributed by atoms with van der Waals surface area (Å²) >= 11 is 3.11. The van der Waals surface area contributed by atoms with Gasteiger partial charge in [-0.05, 0) is 45.8 Å². The third-order valence-corrected chi connectivity index (χ3v) is 3.13. The first kappa shape index (κ1) is 16.4. The zero-order valence-electron chi connectivity index (χ0n) is 11.4. The Morgan fingerprint density at radius 2 is 1.86 bits per heavy atom. The van der Waals surface area contributed by atoms with Gasteiger partial charge in [-0.3, -0.25) is 4.79 Å². The Kier molecular flexibility index (Phi) is 4.80. The van der Waals surface area contributed by atoms with Gasteiger partial charge in [-0.25, -0.2) is 0 Å². The molecule has 2 aromatic rings. The van der Waals surface area contributed by atoms with E-state index in [0.717, 1.165) is 0 Å². The fourth-order valence-corrected chi connectivity index (χ4v) is 2.07. The van der Waals surface area contributed by atoms with Gasteiger partial charge >= 0.3 is 6.36 Å². The van der Waals surface area contributed by atoms with Crippen molar-refractivity contribution in [2.45, 2.75) is 12.9 Å². The Bertz CT molecular complexity index is 652. The SMILES string of the molecule is CN(Cc1ccc(OC(F)(F)F)cc1)C(=O)c1ccc(Br)o1. The van der Waals surface area contributed by atoms with Gasteiger partial charge in [0, 0.05) is 13.6 Å². The molecule has 0 saturated heterocycles. The number of halogens is 4. The quantitative estimate of drug-likeness (QED) is 0.801. The molecule has 1 amide bonds. The summed E-state index contributed by atoms with van der Waals surface area (Å²) in [5, 5.41) is 0. The molecular weight excluding hydrogens is 367 g/mol. The highest BCUT2D eigenvalue weighted by Crippen LogP contribution is 2.23. The largest absolute Gasteiger partial charge is 0.573 e. The lowest BCUT2D eigenvalue weighted by atomic mass is 10.2. The maximum Gasteiger partial charge on any atom is 0.573 e. The third-order valence-electron chi connectivity index (χ3n) is 2.71. The van der Waals surface area contributed by atoms with Crippen LogP contribution in [0.15, 0.2) is 45.5 Å². The number of carbonyl (C=O) groups is 1. The molecule has 0 unspecified atom stereocenters. The van der Waals surface area contributed by atoms with Crippen LogP contribution >= 0.6 is 15.9 Å². The lowest BCUT2D eigenvalue weighted by Crippen LogP contribution is -2.25. The highest BCUT2D eigenvalue weighted by atomic mass is 79.9. The maximum atomic E-state index is 12.1. The zero-order valence-corrected chi connectivity index (χ0v) is 12.9. The summed E-state index contributed by atoms with van der Waals surface area (Å²) in [6.07, 6.45) is -4.72. The Morgan fingerprint density at radius 3 is 2.36 bits per heavy atom. The van der Waals surface area contributed by atoms with Crippen molar-refractivity contribution in [2.75, 3.05) is 7.05 Å². The lowest BCUT2D eigenvalue weighted by molar-refractivity contribution is -0.274. The molecular formula is C14H11BrF3NO3. The van der Waals surface area contributed by atoms with Crippen molar-refractivity contribution in [2.24, 2.45) is 0 Å². The second kappa shape index (κ2) is 6.43. The highest BCUT2D eigenvalue weighted by molar-refractivity contribution is 9.10. The van der Waals surface area contributed by atoms with Crippen LogP contribution in [0.2, 0.25) is 0 Å². The van der Waals surface area contributed by atoms with Crippen molar-refractivity contribution in [1.29, 1.82) is 0 Å². The molecule has 0 atom stereocenters. The second-order valence-corrected chi connectivity index (χ2v) is 5.24. The molecule has 4 nitrogen and oxygen atoms in total. The lowest BCUT2D eigenvalue weighted by Gasteiger charge is -2.16. The van der Waals surface area contributed by atoms with Crippen LogP contribution in [0.1, 0.15) is 16.1 Å². The molecule has 0 N–H and O–H groups in total. The number of alkyl halides is 3. The molecule has 0 saturated carbocycles. The molecule has 1 heterocycles. The molecule has 0 bridgehead atoms. The number of amides is 1. The van der Waals surface area contributed by atoms with Crippen LogP contribution in [0, 0.1) is 0 Å². The monoisotopic (exact) mass is 377 g/mol. The summed E-state index contributed by atoms with van der Waals surface area (Å²) < 4.78 is 45.6. The van der Waals surface area contributed by atoms with Gasteiger partial charge in [0.1, 0.15) is 5.75 Å². The number of furan rings is 1. The van der Waals surface area contributed by atoms with E-state index in [1.807, 2.05) is 0 Å². The number of carbonyl (C=O) groups excluding carboxylic acids is 1. The summed E-state index contributed by atoms with van der Waals surface area (Å²) in [5.74, 6) is -0.465. The molecule has 0 radical (unpaired) electrons. The van der Waals surface area contributed by atoms with Crippen LogP contribution in [0.3, 0.4) is 0 Å². The van der Waals surface area contributed by atoms with E-state index in [2.05, 4.69) is 20.7 Å². The van der Waals surface area contributed by atoms with Crippen molar-refractivity contribution in [3.63, 3.8) is 0 Å². The van der Waals surface area contributed by atoms with Gasteiger partial charge in [0.15, 0.2) is 10.4 Å². The molecule has 1 aromatic carbocycles. The van der Waals surface area contributed by atoms with Gasteiger partial charge in [0.25, 0.3) is 5.91 Å². The second-order valence-electron chi connectivity index (χ2n) is 4.46. The molecule has 8 heteroatoms. The summed E-state index contributed by atoms with van der Waals surface area (Å²) in [6, 6.07) is 8.45. The smallest absolute Gasteiger partial charge is 0.444 e. The standard InChI is InChI=1S/C14H11BrF3NO3/c1-19(13(20)11-6-7-12(15)21-11)8-9-2-4-10(5-3-9)22-14(16,17)18/h2-7H,8H2,1H3.